The van der Waals surface area contributed by atoms with Crippen molar-refractivity contribution in [1.29, 1.82) is 0 Å². The van der Waals surface area contributed by atoms with Crippen LogP contribution in [0.3, 0.4) is 0 Å². The van der Waals surface area contributed by atoms with E-state index in [4.69, 9.17) is 0 Å². The van der Waals surface area contributed by atoms with E-state index in [1.807, 2.05) is 12.1 Å². The second-order valence-electron chi connectivity index (χ2n) is 9.74. The van der Waals surface area contributed by atoms with Crippen molar-refractivity contribution in [2.45, 2.75) is 53.3 Å². The Morgan fingerprint density at radius 2 is 1.39 bits per heavy atom. The van der Waals surface area contributed by atoms with Crippen LogP contribution in [-0.2, 0) is 16.4 Å². The van der Waals surface area contributed by atoms with Gasteiger partial charge in [-0.1, -0.05) is 43.7 Å². The molecule has 1 heterocycles. The molecule has 0 bridgehead atoms. The molecule has 2 N–H and O–H groups in total. The minimum absolute atomic E-state index is 0.132. The molecule has 0 unspecified atom stereocenters. The first-order valence-corrected chi connectivity index (χ1v) is 15.5. The van der Waals surface area contributed by atoms with Crippen LogP contribution in [0.5, 0.6) is 0 Å². The number of halogens is 5. The van der Waals surface area contributed by atoms with Crippen molar-refractivity contribution in [1.82, 2.24) is 5.32 Å². The fourth-order valence-corrected chi connectivity index (χ4v) is 7.43. The normalized spacial score (nSPS) is 21.7. The Kier molecular flexibility index (Phi) is 5.88. The second kappa shape index (κ2) is 8.44. The molecule has 5 rings (SSSR count). The molecule has 0 atom stereocenters. The monoisotopic (exact) mass is 572 g/mol. The molecule has 3 aromatic carbocycles. The van der Waals surface area contributed by atoms with Gasteiger partial charge in [-0.25, -0.2) is 8.42 Å². The summed E-state index contributed by atoms with van der Waals surface area (Å²) in [5.74, 6) is -0.132. The number of hydrogen-bond donors (Lipinski definition) is 2. The summed E-state index contributed by atoms with van der Waals surface area (Å²) in [4.78, 5) is 10.2. The van der Waals surface area contributed by atoms with E-state index in [0.717, 1.165) is 28.8 Å². The summed E-state index contributed by atoms with van der Waals surface area (Å²) >= 11 is 0. The maximum Gasteiger partial charge on any atom is 0.310 e. The number of rotatable bonds is 6. The smallest absolute Gasteiger partial charge is 0.310 e. The van der Waals surface area contributed by atoms with Gasteiger partial charge in [0.15, 0.2) is 9.84 Å². The Morgan fingerprint density at radius 1 is 0.789 bits per heavy atom. The van der Waals surface area contributed by atoms with Gasteiger partial charge < -0.3 is 10.6 Å². The Bertz CT molecular complexity index is 1500. The SMILES string of the molecule is O=C1NCc2ccc(-c3ccc(S(=O)(=O)C4CCC(Nc5ccc(S(F)(F)(F)(F)F)cc5)CC4)cc3)cc21. The number of hydrogen-bond acceptors (Lipinski definition) is 4. The van der Waals surface area contributed by atoms with Crippen molar-refractivity contribution < 1.29 is 32.6 Å². The molecular formula is C26H25F5N2O3S2. The molecule has 0 saturated heterocycles. The average Bonchev–Trinajstić information content (AvgIpc) is 3.23. The molecule has 204 valence electrons. The molecule has 38 heavy (non-hydrogen) atoms. The van der Waals surface area contributed by atoms with Crippen LogP contribution >= 0.6 is 10.2 Å². The zero-order valence-corrected chi connectivity index (χ0v) is 21.6. The van der Waals surface area contributed by atoms with Gasteiger partial charge in [0, 0.05) is 23.8 Å². The van der Waals surface area contributed by atoms with Crippen molar-refractivity contribution >= 4 is 31.7 Å². The lowest BCUT2D eigenvalue weighted by atomic mass is 9.95. The summed E-state index contributed by atoms with van der Waals surface area (Å²) in [7, 11) is -13.3. The summed E-state index contributed by atoms with van der Waals surface area (Å²) in [6.45, 7) is 0.494. The molecule has 0 spiro atoms. The largest absolute Gasteiger partial charge is 0.382 e. The quantitative estimate of drug-likeness (QED) is 0.301. The molecule has 1 aliphatic heterocycles. The minimum atomic E-state index is -9.72. The highest BCUT2D eigenvalue weighted by molar-refractivity contribution is 8.45. The highest BCUT2D eigenvalue weighted by atomic mass is 32.5. The maximum atomic E-state index is 13.2. The van der Waals surface area contributed by atoms with E-state index in [2.05, 4.69) is 10.6 Å². The van der Waals surface area contributed by atoms with Crippen molar-refractivity contribution in [3.05, 3.63) is 77.9 Å². The number of benzene rings is 3. The molecule has 1 saturated carbocycles. The van der Waals surface area contributed by atoms with Crippen LogP contribution < -0.4 is 10.6 Å². The lowest BCUT2D eigenvalue weighted by molar-refractivity contribution is 0.0965. The minimum Gasteiger partial charge on any atom is -0.382 e. The summed E-state index contributed by atoms with van der Waals surface area (Å²) in [5, 5.41) is 5.18. The maximum absolute atomic E-state index is 13.2. The van der Waals surface area contributed by atoms with Gasteiger partial charge in [-0.15, -0.1) is 0 Å². The first-order valence-electron chi connectivity index (χ1n) is 12.0. The molecule has 5 nitrogen and oxygen atoms in total. The Balaban J connectivity index is 1.22. The van der Waals surface area contributed by atoms with Gasteiger partial charge >= 0.3 is 10.2 Å². The van der Waals surface area contributed by atoms with Gasteiger partial charge in [0.25, 0.3) is 5.91 Å². The molecule has 1 amide bonds. The van der Waals surface area contributed by atoms with E-state index in [1.54, 1.807) is 30.3 Å². The second-order valence-corrected chi connectivity index (χ2v) is 14.4. The Labute approximate surface area is 217 Å². The molecule has 1 aliphatic carbocycles. The number of sulfone groups is 1. The zero-order chi connectivity index (χ0) is 27.4. The van der Waals surface area contributed by atoms with Crippen molar-refractivity contribution in [3.63, 3.8) is 0 Å². The van der Waals surface area contributed by atoms with E-state index in [0.29, 0.717) is 49.9 Å². The molecule has 0 aromatic heterocycles. The predicted molar refractivity (Wildman–Crippen MR) is 138 cm³/mol. The van der Waals surface area contributed by atoms with Crippen LogP contribution in [-0.4, -0.2) is 25.6 Å². The van der Waals surface area contributed by atoms with Crippen molar-refractivity contribution in [3.8, 4) is 11.1 Å². The third-order valence-corrected chi connectivity index (χ3v) is 10.5. The number of amides is 1. The molecule has 12 heteroatoms. The van der Waals surface area contributed by atoms with E-state index in [1.165, 1.54) is 0 Å². The van der Waals surface area contributed by atoms with Gasteiger partial charge in [-0.2, -0.15) is 0 Å². The first-order chi connectivity index (χ1) is 17.6. The van der Waals surface area contributed by atoms with Crippen LogP contribution in [0.1, 0.15) is 41.6 Å². The molecule has 0 radical (unpaired) electrons. The lowest BCUT2D eigenvalue weighted by Crippen LogP contribution is -2.32. The lowest BCUT2D eigenvalue weighted by Gasteiger charge is -2.40. The third-order valence-electron chi connectivity index (χ3n) is 7.09. The van der Waals surface area contributed by atoms with Crippen molar-refractivity contribution in [2.75, 3.05) is 5.32 Å². The highest BCUT2D eigenvalue weighted by Crippen LogP contribution is 3.02. The summed E-state index contributed by atoms with van der Waals surface area (Å²) < 4.78 is 91.0. The van der Waals surface area contributed by atoms with Crippen LogP contribution in [0.4, 0.5) is 25.1 Å². The summed E-state index contributed by atoms with van der Waals surface area (Å²) in [6.07, 6.45) is 1.63. The summed E-state index contributed by atoms with van der Waals surface area (Å²) in [5.41, 5.74) is 3.39. The van der Waals surface area contributed by atoms with E-state index < -0.39 is 30.2 Å². The number of nitrogens with one attached hydrogen (secondary N) is 2. The molecule has 3 aromatic rings. The Hall–Kier alpha value is -3.12. The van der Waals surface area contributed by atoms with Crippen molar-refractivity contribution in [2.24, 2.45) is 0 Å². The van der Waals surface area contributed by atoms with Crippen LogP contribution in [0.2, 0.25) is 0 Å². The average molecular weight is 573 g/mol. The van der Waals surface area contributed by atoms with Gasteiger partial charge in [0.05, 0.1) is 10.1 Å². The van der Waals surface area contributed by atoms with Gasteiger partial charge in [-0.3, -0.25) is 4.79 Å². The standard InChI is InChI=1S/C26H25F5N2O3S2/c27-38(28,29,30,31)24-13-7-21(8-14-24)33-20-5-11-23(12-6-20)37(35,36)22-9-3-17(4-10-22)18-1-2-19-16-32-26(34)25(19)15-18/h1-4,7-10,13-15,20,23,33H,5-6,11-12,16H2,(H,32,34). The van der Waals surface area contributed by atoms with Gasteiger partial charge in [-0.05, 0) is 84.8 Å². The van der Waals surface area contributed by atoms with Gasteiger partial charge in [0.2, 0.25) is 0 Å². The molecule has 1 fully saturated rings. The number of fused-ring (bicyclic) bond motifs is 1. The van der Waals surface area contributed by atoms with Crippen LogP contribution in [0, 0.1) is 0 Å². The number of carbonyl (C=O) groups is 1. The fourth-order valence-electron chi connectivity index (χ4n) is 4.98. The Morgan fingerprint density at radius 3 is 2.00 bits per heavy atom. The predicted octanol–water partition coefficient (Wildman–Crippen LogP) is 7.45. The zero-order valence-electron chi connectivity index (χ0n) is 20.0. The first kappa shape index (κ1) is 26.5. The van der Waals surface area contributed by atoms with E-state index in [9.17, 15) is 32.6 Å². The molecular weight excluding hydrogens is 547 g/mol. The van der Waals surface area contributed by atoms with E-state index >= 15 is 0 Å². The number of anilines is 1. The van der Waals surface area contributed by atoms with Gasteiger partial charge in [0.1, 0.15) is 4.90 Å². The van der Waals surface area contributed by atoms with E-state index in [-0.39, 0.29) is 22.5 Å². The summed E-state index contributed by atoms with van der Waals surface area (Å²) in [6, 6.07) is 14.6. The van der Waals surface area contributed by atoms with Crippen LogP contribution in [0.15, 0.2) is 76.5 Å². The topological polar surface area (TPSA) is 75.3 Å². The number of carbonyl (C=O) groups excluding carboxylic acids is 1. The fraction of sp³-hybridized carbons (Fsp3) is 0.269. The third kappa shape index (κ3) is 5.37. The highest BCUT2D eigenvalue weighted by Gasteiger charge is 2.65. The molecule has 2 aliphatic rings. The van der Waals surface area contributed by atoms with Crippen LogP contribution in [0.25, 0.3) is 11.1 Å².